The second-order valence-corrected chi connectivity index (χ2v) is 6.84. The molecule has 0 aromatic heterocycles. The summed E-state index contributed by atoms with van der Waals surface area (Å²) >= 11 is 2.01. The molecule has 3 rings (SSSR count). The lowest BCUT2D eigenvalue weighted by Gasteiger charge is -2.16. The van der Waals surface area contributed by atoms with Gasteiger partial charge in [-0.1, -0.05) is 0 Å². The maximum Gasteiger partial charge on any atom is 0.252 e. The van der Waals surface area contributed by atoms with E-state index in [1.165, 1.54) is 37.8 Å². The molecule has 4 heteroatoms. The highest BCUT2D eigenvalue weighted by Crippen LogP contribution is 2.48. The minimum atomic E-state index is -0.296. The van der Waals surface area contributed by atoms with Crippen molar-refractivity contribution in [3.63, 3.8) is 0 Å². The molecule has 2 fully saturated rings. The van der Waals surface area contributed by atoms with Crippen LogP contribution in [0.15, 0.2) is 18.2 Å². The predicted molar refractivity (Wildman–Crippen MR) is 80.4 cm³/mol. The van der Waals surface area contributed by atoms with Gasteiger partial charge < -0.3 is 5.32 Å². The largest absolute Gasteiger partial charge is 0.352 e. The number of nitrogens with one attached hydrogen (secondary N) is 1. The van der Waals surface area contributed by atoms with Crippen molar-refractivity contribution in [3.05, 3.63) is 33.1 Å². The van der Waals surface area contributed by atoms with Crippen molar-refractivity contribution in [2.75, 3.05) is 6.54 Å². The Morgan fingerprint density at radius 2 is 1.95 bits per heavy atom. The van der Waals surface area contributed by atoms with Crippen LogP contribution in [0.25, 0.3) is 0 Å². The first-order chi connectivity index (χ1) is 9.15. The summed E-state index contributed by atoms with van der Waals surface area (Å²) in [5.74, 6) is 1.97. The Bertz CT molecular complexity index is 485. The number of carbonyl (C=O) groups excluding carboxylic acids is 1. The van der Waals surface area contributed by atoms with Crippen molar-refractivity contribution >= 4 is 28.5 Å². The lowest BCUT2D eigenvalue weighted by atomic mass is 9.98. The number of amides is 1. The fraction of sp³-hybridized carbons (Fsp3) is 0.533. The van der Waals surface area contributed by atoms with Gasteiger partial charge in [0.1, 0.15) is 5.82 Å². The molecule has 0 atom stereocenters. The maximum absolute atomic E-state index is 13.0. The van der Waals surface area contributed by atoms with Crippen molar-refractivity contribution in [2.24, 2.45) is 17.8 Å². The molecule has 1 aromatic rings. The van der Waals surface area contributed by atoms with Crippen LogP contribution < -0.4 is 5.32 Å². The third-order valence-corrected chi connectivity index (χ3v) is 5.02. The van der Waals surface area contributed by atoms with Crippen LogP contribution in [0.4, 0.5) is 4.39 Å². The monoisotopic (exact) mass is 373 g/mol. The Hall–Kier alpha value is -0.650. The smallest absolute Gasteiger partial charge is 0.252 e. The molecule has 1 aromatic carbocycles. The highest BCUT2D eigenvalue weighted by Gasteiger charge is 2.41. The molecule has 0 bridgehead atoms. The van der Waals surface area contributed by atoms with E-state index in [0.717, 1.165) is 18.4 Å². The maximum atomic E-state index is 13.0. The van der Waals surface area contributed by atoms with E-state index in [4.69, 9.17) is 0 Å². The molecule has 2 aliphatic rings. The summed E-state index contributed by atoms with van der Waals surface area (Å²) in [6.45, 7) is 0.779. The Labute approximate surface area is 126 Å². The number of benzene rings is 1. The summed E-state index contributed by atoms with van der Waals surface area (Å²) in [7, 11) is 0. The number of rotatable bonds is 5. The Balaban J connectivity index is 1.61. The van der Waals surface area contributed by atoms with Gasteiger partial charge in [-0.3, -0.25) is 4.79 Å². The van der Waals surface area contributed by atoms with Gasteiger partial charge >= 0.3 is 0 Å². The van der Waals surface area contributed by atoms with Crippen LogP contribution in [0, 0.1) is 27.1 Å². The topological polar surface area (TPSA) is 29.1 Å². The van der Waals surface area contributed by atoms with Gasteiger partial charge in [-0.2, -0.15) is 0 Å². The first-order valence-corrected chi connectivity index (χ1v) is 7.96. The Kier molecular flexibility index (Phi) is 3.78. The van der Waals surface area contributed by atoms with Crippen LogP contribution in [0.5, 0.6) is 0 Å². The lowest BCUT2D eigenvalue weighted by molar-refractivity contribution is 0.0942. The average Bonchev–Trinajstić information content (AvgIpc) is 3.23. The fourth-order valence-corrected chi connectivity index (χ4v) is 3.47. The van der Waals surface area contributed by atoms with Gasteiger partial charge in [-0.05, 0) is 84.2 Å². The van der Waals surface area contributed by atoms with Crippen molar-refractivity contribution in [2.45, 2.75) is 25.7 Å². The molecular formula is C15H17FINO. The minimum Gasteiger partial charge on any atom is -0.352 e. The van der Waals surface area contributed by atoms with E-state index in [1.54, 1.807) is 6.07 Å². The van der Waals surface area contributed by atoms with E-state index >= 15 is 0 Å². The molecule has 0 heterocycles. The summed E-state index contributed by atoms with van der Waals surface area (Å²) in [6, 6.07) is 4.31. The number of hydrogen-bond acceptors (Lipinski definition) is 1. The van der Waals surface area contributed by atoms with E-state index in [-0.39, 0.29) is 11.7 Å². The second-order valence-electron chi connectivity index (χ2n) is 5.67. The van der Waals surface area contributed by atoms with Crippen molar-refractivity contribution in [3.8, 4) is 0 Å². The van der Waals surface area contributed by atoms with Crippen molar-refractivity contribution in [1.29, 1.82) is 0 Å². The van der Waals surface area contributed by atoms with E-state index < -0.39 is 0 Å². The zero-order valence-corrected chi connectivity index (χ0v) is 12.8. The minimum absolute atomic E-state index is 0.0734. The molecule has 2 aliphatic carbocycles. The highest BCUT2D eigenvalue weighted by molar-refractivity contribution is 14.1. The first kappa shape index (κ1) is 13.3. The van der Waals surface area contributed by atoms with Crippen LogP contribution in [-0.4, -0.2) is 12.5 Å². The van der Waals surface area contributed by atoms with E-state index in [9.17, 15) is 9.18 Å². The van der Waals surface area contributed by atoms with Gasteiger partial charge in [0.05, 0.1) is 5.56 Å². The summed E-state index contributed by atoms with van der Waals surface area (Å²) < 4.78 is 13.7. The van der Waals surface area contributed by atoms with Crippen LogP contribution >= 0.6 is 22.6 Å². The molecule has 0 spiro atoms. The molecule has 0 radical (unpaired) electrons. The standard InChI is InChI=1S/C15H17FINO/c16-11-5-6-12(14(17)7-11)15(19)18-8-13(9-1-2-9)10-3-4-10/h5-7,9-10,13H,1-4,8H2,(H,18,19). The molecule has 1 amide bonds. The predicted octanol–water partition coefficient (Wildman–Crippen LogP) is 3.60. The number of carbonyl (C=O) groups is 1. The number of halogens is 2. The van der Waals surface area contributed by atoms with E-state index in [0.29, 0.717) is 15.1 Å². The molecule has 0 unspecified atom stereocenters. The Morgan fingerprint density at radius 1 is 1.32 bits per heavy atom. The van der Waals surface area contributed by atoms with E-state index in [1.807, 2.05) is 22.6 Å². The molecule has 0 saturated heterocycles. The summed E-state index contributed by atoms with van der Waals surface area (Å²) in [4.78, 5) is 12.1. The van der Waals surface area contributed by atoms with Crippen molar-refractivity contribution in [1.82, 2.24) is 5.32 Å². The molecule has 2 saturated carbocycles. The molecule has 19 heavy (non-hydrogen) atoms. The normalized spacial score (nSPS) is 18.7. The number of hydrogen-bond donors (Lipinski definition) is 1. The van der Waals surface area contributed by atoms with Gasteiger partial charge in [0, 0.05) is 10.1 Å². The first-order valence-electron chi connectivity index (χ1n) is 6.88. The Morgan fingerprint density at radius 3 is 2.47 bits per heavy atom. The zero-order chi connectivity index (χ0) is 13.4. The quantitative estimate of drug-likeness (QED) is 0.786. The molecular weight excluding hydrogens is 356 g/mol. The van der Waals surface area contributed by atoms with Gasteiger partial charge in [-0.15, -0.1) is 0 Å². The van der Waals surface area contributed by atoms with Crippen LogP contribution in [0.3, 0.4) is 0 Å². The van der Waals surface area contributed by atoms with Crippen LogP contribution in [0.2, 0.25) is 0 Å². The molecule has 1 N–H and O–H groups in total. The highest BCUT2D eigenvalue weighted by atomic mass is 127. The fourth-order valence-electron chi connectivity index (χ4n) is 2.75. The van der Waals surface area contributed by atoms with Crippen molar-refractivity contribution < 1.29 is 9.18 Å². The van der Waals surface area contributed by atoms with Gasteiger partial charge in [0.15, 0.2) is 0 Å². The second kappa shape index (κ2) is 5.38. The van der Waals surface area contributed by atoms with Gasteiger partial charge in [-0.25, -0.2) is 4.39 Å². The summed E-state index contributed by atoms with van der Waals surface area (Å²) in [6.07, 6.45) is 5.30. The van der Waals surface area contributed by atoms with Crippen LogP contribution in [-0.2, 0) is 0 Å². The van der Waals surface area contributed by atoms with Gasteiger partial charge in [0.2, 0.25) is 0 Å². The lowest BCUT2D eigenvalue weighted by Crippen LogP contribution is -2.31. The SMILES string of the molecule is O=C(NCC(C1CC1)C1CC1)c1ccc(F)cc1I. The summed E-state index contributed by atoms with van der Waals surface area (Å²) in [5.41, 5.74) is 0.576. The molecule has 0 aliphatic heterocycles. The zero-order valence-electron chi connectivity index (χ0n) is 10.7. The van der Waals surface area contributed by atoms with Crippen LogP contribution in [0.1, 0.15) is 36.0 Å². The summed E-state index contributed by atoms with van der Waals surface area (Å²) in [5, 5.41) is 3.04. The average molecular weight is 373 g/mol. The van der Waals surface area contributed by atoms with E-state index in [2.05, 4.69) is 5.32 Å². The van der Waals surface area contributed by atoms with Gasteiger partial charge in [0.25, 0.3) is 5.91 Å². The third-order valence-electron chi connectivity index (χ3n) is 4.13. The third kappa shape index (κ3) is 3.27. The molecule has 102 valence electrons. The molecule has 2 nitrogen and oxygen atoms in total.